The molecule has 1 aromatic heterocycles. The standard InChI is InChI=1S/C50H38N4/c51-30-39-14-7-8-17-42(39)37-19-21-44-43-20-18-36(28-45(43)50(46(44)29-37)40-23-31-22-32(25-40)26-41(50)24-31)35-15-9-16-38(27-35)49-53-47(33-10-3-1-4-11-33)52-48(54-49)34-12-5-2-6-13-34/h1-21,27-29,31-32,40-41H,22-26H2. The Bertz CT molecular complexity index is 2550. The highest BCUT2D eigenvalue weighted by Gasteiger charge is 2.61. The third kappa shape index (κ3) is 4.78. The molecule has 0 N–H and O–H groups in total. The molecule has 4 nitrogen and oxygen atoms in total. The highest BCUT2D eigenvalue weighted by Crippen LogP contribution is 2.69. The molecule has 54 heavy (non-hydrogen) atoms. The zero-order valence-corrected chi connectivity index (χ0v) is 30.0. The molecule has 7 aromatic rings. The molecule has 4 fully saturated rings. The fraction of sp³-hybridized carbons (Fsp3) is 0.200. The fourth-order valence-corrected chi connectivity index (χ4v) is 11.2. The van der Waals surface area contributed by atoms with Gasteiger partial charge >= 0.3 is 0 Å². The molecule has 258 valence electrons. The van der Waals surface area contributed by atoms with Gasteiger partial charge in [-0.05, 0) is 125 Å². The van der Waals surface area contributed by atoms with E-state index in [2.05, 4.69) is 103 Å². The molecule has 1 heterocycles. The van der Waals surface area contributed by atoms with E-state index in [0.29, 0.717) is 29.3 Å². The van der Waals surface area contributed by atoms with Gasteiger partial charge in [0.05, 0.1) is 11.6 Å². The van der Waals surface area contributed by atoms with Gasteiger partial charge in [-0.1, -0.05) is 121 Å². The summed E-state index contributed by atoms with van der Waals surface area (Å²) in [5.74, 6) is 4.98. The quantitative estimate of drug-likeness (QED) is 0.180. The van der Waals surface area contributed by atoms with Crippen molar-refractivity contribution in [3.05, 3.63) is 162 Å². The van der Waals surface area contributed by atoms with Crippen molar-refractivity contribution in [2.24, 2.45) is 23.7 Å². The molecule has 0 atom stereocenters. The topological polar surface area (TPSA) is 62.5 Å². The van der Waals surface area contributed by atoms with Crippen molar-refractivity contribution in [1.82, 2.24) is 15.0 Å². The van der Waals surface area contributed by atoms with Crippen LogP contribution in [0.4, 0.5) is 0 Å². The van der Waals surface area contributed by atoms with Crippen molar-refractivity contribution in [1.29, 1.82) is 5.26 Å². The number of aromatic nitrogens is 3. The van der Waals surface area contributed by atoms with Gasteiger partial charge in [0.2, 0.25) is 0 Å². The van der Waals surface area contributed by atoms with Crippen LogP contribution in [0, 0.1) is 35.0 Å². The number of benzene rings is 6. The van der Waals surface area contributed by atoms with E-state index in [1.165, 1.54) is 59.9 Å². The van der Waals surface area contributed by atoms with Gasteiger partial charge in [-0.2, -0.15) is 5.26 Å². The Hall–Kier alpha value is -6.18. The number of fused-ring (bicyclic) bond motifs is 3. The first-order chi connectivity index (χ1) is 26.7. The van der Waals surface area contributed by atoms with Gasteiger partial charge in [-0.15, -0.1) is 0 Å². The summed E-state index contributed by atoms with van der Waals surface area (Å²) in [5, 5.41) is 10.0. The summed E-state index contributed by atoms with van der Waals surface area (Å²) in [4.78, 5) is 15.0. The van der Waals surface area contributed by atoms with E-state index in [0.717, 1.165) is 50.8 Å². The first-order valence-corrected chi connectivity index (χ1v) is 19.4. The van der Waals surface area contributed by atoms with Crippen molar-refractivity contribution < 1.29 is 0 Å². The molecule has 0 amide bonds. The molecule has 0 unspecified atom stereocenters. The molecule has 4 saturated carbocycles. The summed E-state index contributed by atoms with van der Waals surface area (Å²) in [7, 11) is 0. The molecule has 5 aliphatic carbocycles. The Morgan fingerprint density at radius 3 is 1.52 bits per heavy atom. The van der Waals surface area contributed by atoms with Crippen LogP contribution in [0.3, 0.4) is 0 Å². The van der Waals surface area contributed by atoms with E-state index < -0.39 is 0 Å². The highest BCUT2D eigenvalue weighted by molar-refractivity contribution is 5.88. The van der Waals surface area contributed by atoms with Gasteiger partial charge < -0.3 is 0 Å². The molecule has 1 spiro atoms. The highest BCUT2D eigenvalue weighted by atomic mass is 15.0. The number of hydrogen-bond acceptors (Lipinski definition) is 4. The summed E-state index contributed by atoms with van der Waals surface area (Å²) in [6.07, 6.45) is 6.68. The SMILES string of the molecule is N#Cc1ccccc1-c1ccc2c(c1)C1(c3cc(-c4cccc(-c5nc(-c6ccccc6)nc(-c6ccccc6)n5)c4)ccc3-2)C2CC3CC(C2)CC1C3. The Morgan fingerprint density at radius 2 is 0.907 bits per heavy atom. The normalized spacial score (nSPS) is 22.9. The molecular weight excluding hydrogens is 657 g/mol. The number of rotatable bonds is 5. The van der Waals surface area contributed by atoms with Crippen LogP contribution in [0.1, 0.15) is 48.8 Å². The van der Waals surface area contributed by atoms with Gasteiger partial charge in [0.25, 0.3) is 0 Å². The van der Waals surface area contributed by atoms with E-state index in [9.17, 15) is 5.26 Å². The largest absolute Gasteiger partial charge is 0.208 e. The lowest BCUT2D eigenvalue weighted by Crippen LogP contribution is -2.55. The fourth-order valence-electron chi connectivity index (χ4n) is 11.2. The maximum atomic E-state index is 10.0. The lowest BCUT2D eigenvalue weighted by Gasteiger charge is -2.61. The second-order valence-electron chi connectivity index (χ2n) is 16.0. The Balaban J connectivity index is 1.05. The summed E-state index contributed by atoms with van der Waals surface area (Å²) < 4.78 is 0. The van der Waals surface area contributed by atoms with E-state index >= 15 is 0 Å². The van der Waals surface area contributed by atoms with E-state index in [-0.39, 0.29) is 5.41 Å². The molecule has 0 radical (unpaired) electrons. The summed E-state index contributed by atoms with van der Waals surface area (Å²) in [6.45, 7) is 0. The van der Waals surface area contributed by atoms with Crippen LogP contribution < -0.4 is 0 Å². The van der Waals surface area contributed by atoms with Crippen LogP contribution in [0.15, 0.2) is 146 Å². The minimum atomic E-state index is -0.00726. The molecule has 6 aromatic carbocycles. The van der Waals surface area contributed by atoms with Gasteiger partial charge in [0, 0.05) is 22.1 Å². The van der Waals surface area contributed by atoms with Crippen molar-refractivity contribution >= 4 is 0 Å². The molecule has 0 aliphatic heterocycles. The number of nitrogens with zero attached hydrogens (tertiary/aromatic N) is 4. The lowest BCUT2D eigenvalue weighted by atomic mass is 9.43. The van der Waals surface area contributed by atoms with E-state index in [4.69, 9.17) is 15.0 Å². The smallest absolute Gasteiger partial charge is 0.164 e. The van der Waals surface area contributed by atoms with Gasteiger partial charge in [-0.25, -0.2) is 15.0 Å². The van der Waals surface area contributed by atoms with Crippen LogP contribution in [0.2, 0.25) is 0 Å². The van der Waals surface area contributed by atoms with Gasteiger partial charge in [0.15, 0.2) is 17.5 Å². The Labute approximate surface area is 316 Å². The molecule has 12 rings (SSSR count). The molecule has 4 bridgehead atoms. The van der Waals surface area contributed by atoms with Crippen molar-refractivity contribution in [2.45, 2.75) is 37.5 Å². The average molecular weight is 695 g/mol. The van der Waals surface area contributed by atoms with Crippen molar-refractivity contribution in [3.63, 3.8) is 0 Å². The lowest BCUT2D eigenvalue weighted by molar-refractivity contribution is -0.0399. The van der Waals surface area contributed by atoms with Crippen molar-refractivity contribution in [2.75, 3.05) is 0 Å². The van der Waals surface area contributed by atoms with Crippen LogP contribution in [0.25, 0.3) is 67.5 Å². The minimum absolute atomic E-state index is 0.00726. The molecule has 5 aliphatic rings. The third-order valence-corrected chi connectivity index (χ3v) is 13.2. The van der Waals surface area contributed by atoms with E-state index in [1.807, 2.05) is 48.5 Å². The first kappa shape index (κ1) is 31.4. The predicted molar refractivity (Wildman–Crippen MR) is 215 cm³/mol. The molecule has 4 heteroatoms. The Morgan fingerprint density at radius 1 is 0.426 bits per heavy atom. The average Bonchev–Trinajstić information content (AvgIpc) is 3.52. The second kappa shape index (κ2) is 12.2. The van der Waals surface area contributed by atoms with Crippen molar-refractivity contribution in [3.8, 4) is 73.6 Å². The van der Waals surface area contributed by atoms with Crippen LogP contribution >= 0.6 is 0 Å². The molecular formula is C50H38N4. The first-order valence-electron chi connectivity index (χ1n) is 19.4. The monoisotopic (exact) mass is 694 g/mol. The predicted octanol–water partition coefficient (Wildman–Crippen LogP) is 11.8. The maximum Gasteiger partial charge on any atom is 0.164 e. The van der Waals surface area contributed by atoms with Crippen LogP contribution in [-0.4, -0.2) is 15.0 Å². The third-order valence-electron chi connectivity index (χ3n) is 13.2. The summed E-state index contributed by atoms with van der Waals surface area (Å²) in [5.41, 5.74) is 14.0. The van der Waals surface area contributed by atoms with Crippen LogP contribution in [-0.2, 0) is 5.41 Å². The summed E-state index contributed by atoms with van der Waals surface area (Å²) >= 11 is 0. The number of nitriles is 1. The van der Waals surface area contributed by atoms with E-state index in [1.54, 1.807) is 0 Å². The molecule has 0 saturated heterocycles. The maximum absolute atomic E-state index is 10.0. The van der Waals surface area contributed by atoms with Gasteiger partial charge in [0.1, 0.15) is 0 Å². The number of hydrogen-bond donors (Lipinski definition) is 0. The Kier molecular flexibility index (Phi) is 7.07. The van der Waals surface area contributed by atoms with Gasteiger partial charge in [-0.3, -0.25) is 0 Å². The van der Waals surface area contributed by atoms with Crippen LogP contribution in [0.5, 0.6) is 0 Å². The minimum Gasteiger partial charge on any atom is -0.208 e. The zero-order valence-electron chi connectivity index (χ0n) is 30.0. The second-order valence-corrected chi connectivity index (χ2v) is 16.0. The summed E-state index contributed by atoms with van der Waals surface area (Å²) in [6, 6.07) is 53.9. The zero-order chi connectivity index (χ0) is 35.8.